The number of benzene rings is 3. The van der Waals surface area contributed by atoms with Crippen LogP contribution in [-0.4, -0.2) is 15.3 Å². The molecule has 3 rings (SSSR count). The summed E-state index contributed by atoms with van der Waals surface area (Å²) in [6, 6.07) is 14.4. The van der Waals surface area contributed by atoms with Gasteiger partial charge in [0.15, 0.2) is 0 Å². The Morgan fingerprint density at radius 2 is 0.756 bits per heavy atom. The van der Waals surface area contributed by atoms with Crippen molar-refractivity contribution < 1.29 is 15.3 Å². The summed E-state index contributed by atoms with van der Waals surface area (Å²) in [6.45, 7) is 38.1. The normalized spacial score (nSPS) is 12.6. The Labute approximate surface area is 277 Å². The van der Waals surface area contributed by atoms with Crippen LogP contribution in [0.3, 0.4) is 0 Å². The van der Waals surface area contributed by atoms with E-state index in [0.717, 1.165) is 39.8 Å². The van der Waals surface area contributed by atoms with Crippen molar-refractivity contribution in [3.8, 4) is 17.2 Å². The molecule has 0 saturated carbocycles. The second-order valence-corrected chi connectivity index (χ2v) is 17.8. The molecule has 0 fully saturated rings. The maximum atomic E-state index is 10.5. The van der Waals surface area contributed by atoms with E-state index in [4.69, 9.17) is 0 Å². The average molecular weight is 619 g/mol. The average Bonchev–Trinajstić information content (AvgIpc) is 2.83. The van der Waals surface area contributed by atoms with Crippen molar-refractivity contribution in [1.29, 1.82) is 0 Å². The molecule has 0 aliphatic carbocycles. The Hall–Kier alpha value is -2.94. The van der Waals surface area contributed by atoms with Gasteiger partial charge in [0.25, 0.3) is 0 Å². The monoisotopic (exact) mass is 619 g/mol. The quantitative estimate of drug-likeness (QED) is 0.254. The predicted octanol–water partition coefficient (Wildman–Crippen LogP) is 11.8. The molecule has 45 heavy (non-hydrogen) atoms. The minimum atomic E-state index is -0.0186. The van der Waals surface area contributed by atoms with Crippen molar-refractivity contribution in [3.05, 3.63) is 87.0 Å². The van der Waals surface area contributed by atoms with Crippen molar-refractivity contribution in [2.24, 2.45) is 0 Å². The summed E-state index contributed by atoms with van der Waals surface area (Å²) in [7, 11) is 0. The fourth-order valence-corrected chi connectivity index (χ4v) is 5.33. The maximum Gasteiger partial charge on any atom is 0.123 e. The van der Waals surface area contributed by atoms with E-state index in [1.807, 2.05) is 31.2 Å². The molecular formula is C42H66O3. The Morgan fingerprint density at radius 3 is 1.07 bits per heavy atom. The standard InChI is InChI=1S/C16H26O.C14H22O.C12H18O/c1-8-11-9-12(15(2,3)4)14(17)13(10-11)16(5,6)7;1-13(2,3)10-8-7-9-11(12(10)15)14(4,5)6;1-8-6-9(2)11(13)10(7-8)12(3,4)5/h9-10,17H,8H2,1-7H3;7-9,15H,1-6H3;6-7,13H,1-5H3. The van der Waals surface area contributed by atoms with Gasteiger partial charge in [-0.05, 0) is 86.3 Å². The van der Waals surface area contributed by atoms with Crippen LogP contribution in [0.2, 0.25) is 0 Å². The van der Waals surface area contributed by atoms with Crippen LogP contribution >= 0.6 is 0 Å². The fraction of sp³-hybridized carbons (Fsp3) is 0.571. The molecule has 0 radical (unpaired) electrons. The Kier molecular flexibility index (Phi) is 12.7. The lowest BCUT2D eigenvalue weighted by molar-refractivity contribution is 0.422. The number of rotatable bonds is 1. The summed E-state index contributed by atoms with van der Waals surface area (Å²) >= 11 is 0. The number of phenolic OH excluding ortho intramolecular Hbond substituents is 3. The molecule has 3 nitrogen and oxygen atoms in total. The van der Waals surface area contributed by atoms with Gasteiger partial charge in [0.2, 0.25) is 0 Å². The summed E-state index contributed by atoms with van der Waals surface area (Å²) in [6.07, 6.45) is 1.01. The number of hydrogen-bond acceptors (Lipinski definition) is 3. The van der Waals surface area contributed by atoms with Crippen LogP contribution in [0.4, 0.5) is 0 Å². The third-order valence-corrected chi connectivity index (χ3v) is 8.10. The van der Waals surface area contributed by atoms with Gasteiger partial charge in [-0.15, -0.1) is 0 Å². The largest absolute Gasteiger partial charge is 0.507 e. The zero-order valence-corrected chi connectivity index (χ0v) is 32.1. The van der Waals surface area contributed by atoms with Gasteiger partial charge in [0.1, 0.15) is 17.2 Å². The molecule has 3 N–H and O–H groups in total. The van der Waals surface area contributed by atoms with Gasteiger partial charge in [0.05, 0.1) is 0 Å². The zero-order chi connectivity index (χ0) is 35.5. The van der Waals surface area contributed by atoms with E-state index in [1.54, 1.807) is 0 Å². The molecule has 0 atom stereocenters. The van der Waals surface area contributed by atoms with E-state index in [1.165, 1.54) is 11.1 Å². The summed E-state index contributed by atoms with van der Waals surface area (Å²) in [5.74, 6) is 1.37. The molecule has 0 spiro atoms. The number of aryl methyl sites for hydroxylation is 3. The highest BCUT2D eigenvalue weighted by Crippen LogP contribution is 2.40. The zero-order valence-electron chi connectivity index (χ0n) is 32.1. The van der Waals surface area contributed by atoms with Crippen molar-refractivity contribution in [3.63, 3.8) is 0 Å². The minimum Gasteiger partial charge on any atom is -0.507 e. The molecular weight excluding hydrogens is 552 g/mol. The van der Waals surface area contributed by atoms with E-state index in [9.17, 15) is 15.3 Å². The van der Waals surface area contributed by atoms with Crippen LogP contribution in [0.15, 0.2) is 42.5 Å². The van der Waals surface area contributed by atoms with E-state index in [-0.39, 0.29) is 27.1 Å². The van der Waals surface area contributed by atoms with Crippen LogP contribution in [0.25, 0.3) is 0 Å². The molecule has 0 aliphatic rings. The third kappa shape index (κ3) is 11.1. The first-order valence-corrected chi connectivity index (χ1v) is 16.5. The van der Waals surface area contributed by atoms with Crippen LogP contribution < -0.4 is 0 Å². The summed E-state index contributed by atoms with van der Waals surface area (Å²) in [5, 5.41) is 30.6. The Bertz CT molecular complexity index is 1360. The third-order valence-electron chi connectivity index (χ3n) is 8.10. The summed E-state index contributed by atoms with van der Waals surface area (Å²) < 4.78 is 0. The van der Waals surface area contributed by atoms with E-state index < -0.39 is 0 Å². The maximum absolute atomic E-state index is 10.5. The molecule has 0 heterocycles. The first-order chi connectivity index (χ1) is 20.0. The van der Waals surface area contributed by atoms with E-state index >= 15 is 0 Å². The second-order valence-electron chi connectivity index (χ2n) is 17.8. The number of hydrogen-bond donors (Lipinski definition) is 3. The highest BCUT2D eigenvalue weighted by Gasteiger charge is 2.27. The van der Waals surface area contributed by atoms with Crippen LogP contribution in [0, 0.1) is 13.8 Å². The Morgan fingerprint density at radius 1 is 0.444 bits per heavy atom. The molecule has 0 aliphatic heterocycles. The van der Waals surface area contributed by atoms with Crippen molar-refractivity contribution in [1.82, 2.24) is 0 Å². The van der Waals surface area contributed by atoms with Crippen molar-refractivity contribution >= 4 is 0 Å². The van der Waals surface area contributed by atoms with Gasteiger partial charge in [-0.1, -0.05) is 159 Å². The molecule has 0 unspecified atom stereocenters. The molecule has 3 aromatic carbocycles. The van der Waals surface area contributed by atoms with Gasteiger partial charge < -0.3 is 15.3 Å². The van der Waals surface area contributed by atoms with Gasteiger partial charge >= 0.3 is 0 Å². The SMILES string of the molecule is CC(C)(C)c1cccc(C(C)(C)C)c1O.CCc1cc(C(C)(C)C)c(O)c(C(C)(C)C)c1.Cc1cc(C)c(O)c(C(C)(C)C)c1. The van der Waals surface area contributed by atoms with Gasteiger partial charge in [0, 0.05) is 0 Å². The highest BCUT2D eigenvalue weighted by atomic mass is 16.3. The van der Waals surface area contributed by atoms with Crippen molar-refractivity contribution in [2.75, 3.05) is 0 Å². The smallest absolute Gasteiger partial charge is 0.123 e. The molecule has 3 aromatic rings. The molecule has 0 saturated heterocycles. The minimum absolute atomic E-state index is 0.00859. The summed E-state index contributed by atoms with van der Waals surface area (Å²) in [5.41, 5.74) is 8.63. The Balaban J connectivity index is 0.000000341. The molecule has 0 aromatic heterocycles. The molecule has 0 amide bonds. The molecule has 0 bridgehead atoms. The predicted molar refractivity (Wildman–Crippen MR) is 197 cm³/mol. The summed E-state index contributed by atoms with van der Waals surface area (Å²) in [4.78, 5) is 0. The molecule has 3 heteroatoms. The van der Waals surface area contributed by atoms with Gasteiger partial charge in [-0.2, -0.15) is 0 Å². The highest BCUT2D eigenvalue weighted by molar-refractivity contribution is 5.50. The lowest BCUT2D eigenvalue weighted by Gasteiger charge is -2.28. The number of para-hydroxylation sites is 1. The van der Waals surface area contributed by atoms with Gasteiger partial charge in [-0.25, -0.2) is 0 Å². The van der Waals surface area contributed by atoms with E-state index in [2.05, 4.69) is 136 Å². The topological polar surface area (TPSA) is 60.7 Å². The first kappa shape index (κ1) is 40.1. The van der Waals surface area contributed by atoms with E-state index in [0.29, 0.717) is 17.2 Å². The fourth-order valence-electron chi connectivity index (χ4n) is 5.33. The lowest BCUT2D eigenvalue weighted by Crippen LogP contribution is -2.17. The van der Waals surface area contributed by atoms with Crippen LogP contribution in [0.1, 0.15) is 155 Å². The van der Waals surface area contributed by atoms with Crippen LogP contribution in [0.5, 0.6) is 17.2 Å². The first-order valence-electron chi connectivity index (χ1n) is 16.5. The molecule has 252 valence electrons. The number of phenols is 3. The van der Waals surface area contributed by atoms with Crippen molar-refractivity contribution in [2.45, 2.75) is 158 Å². The second kappa shape index (κ2) is 14.2. The van der Waals surface area contributed by atoms with Gasteiger partial charge in [-0.3, -0.25) is 0 Å². The number of aromatic hydroxyl groups is 3. The van der Waals surface area contributed by atoms with Crippen LogP contribution in [-0.2, 0) is 33.5 Å². The lowest BCUT2D eigenvalue weighted by atomic mass is 9.78.